The molecule has 0 radical (unpaired) electrons. The summed E-state index contributed by atoms with van der Waals surface area (Å²) in [5, 5.41) is 10.1. The van der Waals surface area contributed by atoms with Gasteiger partial charge < -0.3 is 10.2 Å². The number of anilines is 1. The van der Waals surface area contributed by atoms with Crippen LogP contribution in [-0.4, -0.2) is 22.1 Å². The third-order valence-corrected chi connectivity index (χ3v) is 4.04. The number of aromatic nitrogens is 2. The van der Waals surface area contributed by atoms with Gasteiger partial charge in [0.2, 0.25) is 11.8 Å². The lowest BCUT2D eigenvalue weighted by Gasteiger charge is -2.26. The first-order valence-electron chi connectivity index (χ1n) is 6.01. The summed E-state index contributed by atoms with van der Waals surface area (Å²) in [5.41, 5.74) is 6.10. The maximum Gasteiger partial charge on any atom is 0.322 e. The molecule has 3 N–H and O–H groups in total. The second-order valence-electron chi connectivity index (χ2n) is 5.05. The zero-order valence-corrected chi connectivity index (χ0v) is 9.72. The van der Waals surface area contributed by atoms with Crippen molar-refractivity contribution < 1.29 is 9.21 Å². The lowest BCUT2D eigenvalue weighted by molar-refractivity contribution is -0.121. The predicted octanol–water partition coefficient (Wildman–Crippen LogP) is 0.690. The molecule has 2 fully saturated rings. The molecule has 0 aliphatic heterocycles. The maximum atomic E-state index is 12.1. The van der Waals surface area contributed by atoms with Crippen molar-refractivity contribution in [2.45, 2.75) is 32.2 Å². The van der Waals surface area contributed by atoms with Crippen LogP contribution >= 0.6 is 0 Å². The van der Waals surface area contributed by atoms with Gasteiger partial charge in [-0.2, -0.15) is 0 Å². The summed E-state index contributed by atoms with van der Waals surface area (Å²) >= 11 is 0. The highest BCUT2D eigenvalue weighted by molar-refractivity contribution is 5.91. The molecule has 0 aromatic carbocycles. The molecule has 4 atom stereocenters. The minimum absolute atomic E-state index is 0.0160. The van der Waals surface area contributed by atoms with Crippen molar-refractivity contribution in [3.05, 3.63) is 5.89 Å². The molecule has 2 bridgehead atoms. The standard InChI is InChI=1S/C11H16N4O2/c1-5-14-15-11(17-5)13-10(16)8-6-2-3-7(4-6)9(8)12/h6-9H,2-4,12H2,1H3,(H,13,15,16). The lowest BCUT2D eigenvalue weighted by Crippen LogP contribution is -2.42. The molecule has 6 heteroatoms. The Morgan fingerprint density at radius 2 is 2.18 bits per heavy atom. The number of rotatable bonds is 2. The van der Waals surface area contributed by atoms with Gasteiger partial charge in [0.15, 0.2) is 0 Å². The van der Waals surface area contributed by atoms with Gasteiger partial charge in [-0.15, -0.1) is 5.10 Å². The summed E-state index contributed by atoms with van der Waals surface area (Å²) in [6.45, 7) is 1.69. The fourth-order valence-electron chi connectivity index (χ4n) is 3.26. The van der Waals surface area contributed by atoms with Gasteiger partial charge in [0.25, 0.3) is 0 Å². The molecule has 1 aromatic heterocycles. The number of hydrogen-bond donors (Lipinski definition) is 2. The van der Waals surface area contributed by atoms with Crippen molar-refractivity contribution in [3.8, 4) is 0 Å². The second-order valence-corrected chi connectivity index (χ2v) is 5.05. The molecular formula is C11H16N4O2. The van der Waals surface area contributed by atoms with E-state index in [9.17, 15) is 4.79 Å². The number of nitrogens with zero attached hydrogens (tertiary/aromatic N) is 2. The Labute approximate surface area is 99.0 Å². The highest BCUT2D eigenvalue weighted by Gasteiger charge is 2.49. The quantitative estimate of drug-likeness (QED) is 0.787. The van der Waals surface area contributed by atoms with Crippen LogP contribution in [0.2, 0.25) is 0 Å². The molecule has 2 saturated carbocycles. The SMILES string of the molecule is Cc1nnc(NC(=O)C2C3CCC(C3)C2N)o1. The monoisotopic (exact) mass is 236 g/mol. The van der Waals surface area contributed by atoms with E-state index in [1.807, 2.05) is 0 Å². The first-order chi connectivity index (χ1) is 8.15. The summed E-state index contributed by atoms with van der Waals surface area (Å²) in [6.07, 6.45) is 3.36. The second kappa shape index (κ2) is 3.80. The van der Waals surface area contributed by atoms with Crippen LogP contribution in [0.4, 0.5) is 6.01 Å². The maximum absolute atomic E-state index is 12.1. The van der Waals surface area contributed by atoms with E-state index >= 15 is 0 Å². The smallest absolute Gasteiger partial charge is 0.322 e. The largest absolute Gasteiger partial charge is 0.408 e. The van der Waals surface area contributed by atoms with Crippen LogP contribution in [-0.2, 0) is 4.79 Å². The molecule has 2 aliphatic rings. The molecule has 2 aliphatic carbocycles. The Bertz CT molecular complexity index is 442. The number of amides is 1. The number of carbonyl (C=O) groups excluding carboxylic acids is 1. The Balaban J connectivity index is 1.70. The van der Waals surface area contributed by atoms with E-state index in [0.29, 0.717) is 17.7 Å². The summed E-state index contributed by atoms with van der Waals surface area (Å²) in [4.78, 5) is 12.1. The Morgan fingerprint density at radius 3 is 2.76 bits per heavy atom. The number of hydrogen-bond acceptors (Lipinski definition) is 5. The normalized spacial score (nSPS) is 35.2. The molecular weight excluding hydrogens is 220 g/mol. The summed E-state index contributed by atoms with van der Waals surface area (Å²) in [6, 6.07) is 0.153. The van der Waals surface area contributed by atoms with Crippen molar-refractivity contribution in [1.82, 2.24) is 10.2 Å². The van der Waals surface area contributed by atoms with Crippen molar-refractivity contribution >= 4 is 11.9 Å². The number of aryl methyl sites for hydroxylation is 1. The van der Waals surface area contributed by atoms with Crippen LogP contribution in [0.5, 0.6) is 0 Å². The van der Waals surface area contributed by atoms with E-state index in [1.165, 1.54) is 0 Å². The van der Waals surface area contributed by atoms with Crippen LogP contribution in [0.3, 0.4) is 0 Å². The van der Waals surface area contributed by atoms with Crippen LogP contribution in [0.1, 0.15) is 25.2 Å². The van der Waals surface area contributed by atoms with Crippen molar-refractivity contribution in [2.24, 2.45) is 23.5 Å². The summed E-state index contributed by atoms with van der Waals surface area (Å²) < 4.78 is 5.13. The van der Waals surface area contributed by atoms with E-state index in [2.05, 4.69) is 15.5 Å². The minimum Gasteiger partial charge on any atom is -0.408 e. The molecule has 6 nitrogen and oxygen atoms in total. The zero-order chi connectivity index (χ0) is 12.0. The number of carbonyl (C=O) groups is 1. The zero-order valence-electron chi connectivity index (χ0n) is 9.72. The highest BCUT2D eigenvalue weighted by Crippen LogP contribution is 2.47. The fraction of sp³-hybridized carbons (Fsp3) is 0.727. The van der Waals surface area contributed by atoms with E-state index in [0.717, 1.165) is 19.3 Å². The third-order valence-electron chi connectivity index (χ3n) is 4.04. The van der Waals surface area contributed by atoms with E-state index in [-0.39, 0.29) is 23.9 Å². The van der Waals surface area contributed by atoms with Crippen LogP contribution in [0.25, 0.3) is 0 Å². The van der Waals surface area contributed by atoms with Gasteiger partial charge >= 0.3 is 6.01 Å². The Morgan fingerprint density at radius 1 is 1.41 bits per heavy atom. The average Bonchev–Trinajstić information content (AvgIpc) is 2.94. The van der Waals surface area contributed by atoms with E-state index in [4.69, 9.17) is 10.2 Å². The van der Waals surface area contributed by atoms with Gasteiger partial charge in [0.1, 0.15) is 0 Å². The van der Waals surface area contributed by atoms with Crippen molar-refractivity contribution in [1.29, 1.82) is 0 Å². The molecule has 92 valence electrons. The highest BCUT2D eigenvalue weighted by atomic mass is 16.4. The van der Waals surface area contributed by atoms with Crippen LogP contribution < -0.4 is 11.1 Å². The van der Waals surface area contributed by atoms with Crippen LogP contribution in [0.15, 0.2) is 4.42 Å². The molecule has 1 heterocycles. The predicted molar refractivity (Wildman–Crippen MR) is 60.0 cm³/mol. The van der Waals surface area contributed by atoms with Gasteiger partial charge in [0, 0.05) is 13.0 Å². The average molecular weight is 236 g/mol. The van der Waals surface area contributed by atoms with Crippen molar-refractivity contribution in [2.75, 3.05) is 5.32 Å². The van der Waals surface area contributed by atoms with E-state index < -0.39 is 0 Å². The number of nitrogens with one attached hydrogen (secondary N) is 1. The molecule has 17 heavy (non-hydrogen) atoms. The first-order valence-corrected chi connectivity index (χ1v) is 6.01. The Hall–Kier alpha value is -1.43. The lowest BCUT2D eigenvalue weighted by atomic mass is 9.84. The van der Waals surface area contributed by atoms with Gasteiger partial charge in [-0.1, -0.05) is 5.10 Å². The van der Waals surface area contributed by atoms with E-state index in [1.54, 1.807) is 6.92 Å². The molecule has 3 rings (SSSR count). The molecule has 4 unspecified atom stereocenters. The molecule has 0 saturated heterocycles. The topological polar surface area (TPSA) is 94.0 Å². The van der Waals surface area contributed by atoms with Crippen LogP contribution in [0, 0.1) is 24.7 Å². The third kappa shape index (κ3) is 1.72. The van der Waals surface area contributed by atoms with Gasteiger partial charge in [-0.05, 0) is 31.1 Å². The summed E-state index contributed by atoms with van der Waals surface area (Å²) in [7, 11) is 0. The Kier molecular flexibility index (Phi) is 2.39. The molecule has 0 spiro atoms. The first kappa shape index (κ1) is 10.7. The van der Waals surface area contributed by atoms with Gasteiger partial charge in [-0.3, -0.25) is 10.1 Å². The molecule has 1 aromatic rings. The molecule has 1 amide bonds. The minimum atomic E-state index is -0.0963. The van der Waals surface area contributed by atoms with Crippen molar-refractivity contribution in [3.63, 3.8) is 0 Å². The van der Waals surface area contributed by atoms with Gasteiger partial charge in [-0.25, -0.2) is 0 Å². The number of fused-ring (bicyclic) bond motifs is 2. The summed E-state index contributed by atoms with van der Waals surface area (Å²) in [5.74, 6) is 1.21. The van der Waals surface area contributed by atoms with Gasteiger partial charge in [0.05, 0.1) is 5.92 Å². The number of nitrogens with two attached hydrogens (primary N) is 1. The fourth-order valence-corrected chi connectivity index (χ4v) is 3.26.